The highest BCUT2D eigenvalue weighted by Crippen LogP contribution is 2.44. The zero-order chi connectivity index (χ0) is 16.4. The van der Waals surface area contributed by atoms with Gasteiger partial charge in [-0.2, -0.15) is 0 Å². The van der Waals surface area contributed by atoms with E-state index in [1.54, 1.807) is 6.07 Å². The standard InChI is InChI=1S/C20H24N2O2/c23-19(18-15-17(21-24-18)16-7-3-1-4-8-16)22-13-11-20(12-14-22)9-5-2-6-10-20/h1,3-4,7-8,15H,2,5-6,9-14H2. The molecule has 1 saturated heterocycles. The Morgan fingerprint density at radius 2 is 1.71 bits per heavy atom. The number of aromatic nitrogens is 1. The fraction of sp³-hybridized carbons (Fsp3) is 0.500. The van der Waals surface area contributed by atoms with Crippen LogP contribution in [0.1, 0.15) is 55.5 Å². The smallest absolute Gasteiger partial charge is 0.292 e. The second-order valence-electron chi connectivity index (χ2n) is 7.30. The van der Waals surface area contributed by atoms with Gasteiger partial charge in [0.05, 0.1) is 0 Å². The van der Waals surface area contributed by atoms with Crippen molar-refractivity contribution in [1.29, 1.82) is 0 Å². The first-order valence-electron chi connectivity index (χ1n) is 9.07. The molecule has 1 aliphatic heterocycles. The molecule has 126 valence electrons. The van der Waals surface area contributed by atoms with Crippen molar-refractivity contribution in [1.82, 2.24) is 10.1 Å². The predicted molar refractivity (Wildman–Crippen MR) is 92.6 cm³/mol. The molecule has 0 radical (unpaired) electrons. The quantitative estimate of drug-likeness (QED) is 0.815. The van der Waals surface area contributed by atoms with Crippen molar-refractivity contribution in [2.24, 2.45) is 5.41 Å². The Hall–Kier alpha value is -2.10. The monoisotopic (exact) mass is 324 g/mol. The lowest BCUT2D eigenvalue weighted by Crippen LogP contribution is -2.43. The summed E-state index contributed by atoms with van der Waals surface area (Å²) in [7, 11) is 0. The normalized spacial score (nSPS) is 20.2. The molecule has 2 fully saturated rings. The molecule has 0 atom stereocenters. The van der Waals surface area contributed by atoms with E-state index < -0.39 is 0 Å². The van der Waals surface area contributed by atoms with E-state index >= 15 is 0 Å². The van der Waals surface area contributed by atoms with Gasteiger partial charge in [-0.3, -0.25) is 4.79 Å². The minimum absolute atomic E-state index is 0.0182. The maximum atomic E-state index is 12.7. The summed E-state index contributed by atoms with van der Waals surface area (Å²) in [6, 6.07) is 11.6. The number of piperidine rings is 1. The Morgan fingerprint density at radius 3 is 2.42 bits per heavy atom. The molecule has 1 aliphatic carbocycles. The molecule has 1 aromatic heterocycles. The molecule has 4 heteroatoms. The van der Waals surface area contributed by atoms with Crippen molar-refractivity contribution in [2.45, 2.75) is 44.9 Å². The van der Waals surface area contributed by atoms with Crippen LogP contribution in [0.3, 0.4) is 0 Å². The Kier molecular flexibility index (Phi) is 4.13. The number of nitrogens with zero attached hydrogens (tertiary/aromatic N) is 2. The van der Waals surface area contributed by atoms with E-state index in [2.05, 4.69) is 5.16 Å². The van der Waals surface area contributed by atoms with Crippen LogP contribution in [0.15, 0.2) is 40.9 Å². The highest BCUT2D eigenvalue weighted by atomic mass is 16.5. The minimum atomic E-state index is -0.0182. The van der Waals surface area contributed by atoms with Gasteiger partial charge in [0.15, 0.2) is 0 Å². The number of amides is 1. The predicted octanol–water partition coefficient (Wildman–Crippen LogP) is 4.53. The summed E-state index contributed by atoms with van der Waals surface area (Å²) in [6.45, 7) is 1.69. The summed E-state index contributed by atoms with van der Waals surface area (Å²) in [6.07, 6.45) is 9.06. The first-order chi connectivity index (χ1) is 11.8. The molecule has 1 saturated carbocycles. The molecule has 0 N–H and O–H groups in total. The number of hydrogen-bond donors (Lipinski definition) is 0. The van der Waals surface area contributed by atoms with Crippen LogP contribution in [0.25, 0.3) is 11.3 Å². The van der Waals surface area contributed by atoms with Crippen molar-refractivity contribution in [2.75, 3.05) is 13.1 Å². The zero-order valence-electron chi connectivity index (χ0n) is 14.0. The summed E-state index contributed by atoms with van der Waals surface area (Å²) >= 11 is 0. The second-order valence-corrected chi connectivity index (χ2v) is 7.30. The van der Waals surface area contributed by atoms with Crippen LogP contribution >= 0.6 is 0 Å². The topological polar surface area (TPSA) is 46.3 Å². The Morgan fingerprint density at radius 1 is 1.00 bits per heavy atom. The van der Waals surface area contributed by atoms with E-state index in [0.29, 0.717) is 11.2 Å². The van der Waals surface area contributed by atoms with Crippen LogP contribution in [-0.4, -0.2) is 29.1 Å². The number of likely N-dealkylation sites (tertiary alicyclic amines) is 1. The van der Waals surface area contributed by atoms with Crippen LogP contribution in [0.4, 0.5) is 0 Å². The first kappa shape index (κ1) is 15.4. The molecule has 2 heterocycles. The number of carbonyl (C=O) groups is 1. The molecule has 4 nitrogen and oxygen atoms in total. The Labute approximate surface area is 142 Å². The molecule has 4 rings (SSSR count). The van der Waals surface area contributed by atoms with Crippen molar-refractivity contribution in [3.05, 3.63) is 42.2 Å². The second kappa shape index (κ2) is 6.42. The van der Waals surface area contributed by atoms with Gasteiger partial charge in [-0.25, -0.2) is 0 Å². The molecular formula is C20H24N2O2. The Bertz CT molecular complexity index is 691. The van der Waals surface area contributed by atoms with Crippen LogP contribution in [0.5, 0.6) is 0 Å². The summed E-state index contributed by atoms with van der Waals surface area (Å²) in [4.78, 5) is 14.6. The minimum Gasteiger partial charge on any atom is -0.350 e. The third-order valence-corrected chi connectivity index (χ3v) is 5.82. The van der Waals surface area contributed by atoms with Crippen LogP contribution in [0, 0.1) is 5.41 Å². The van der Waals surface area contributed by atoms with E-state index in [-0.39, 0.29) is 5.91 Å². The van der Waals surface area contributed by atoms with E-state index in [9.17, 15) is 4.79 Å². The largest absolute Gasteiger partial charge is 0.350 e. The van der Waals surface area contributed by atoms with Gasteiger partial charge in [0.2, 0.25) is 5.76 Å². The third kappa shape index (κ3) is 2.97. The molecule has 0 unspecified atom stereocenters. The summed E-state index contributed by atoms with van der Waals surface area (Å²) < 4.78 is 5.33. The van der Waals surface area contributed by atoms with E-state index in [4.69, 9.17) is 4.52 Å². The van der Waals surface area contributed by atoms with Gasteiger partial charge < -0.3 is 9.42 Å². The lowest BCUT2D eigenvalue weighted by molar-refractivity contribution is 0.0440. The summed E-state index contributed by atoms with van der Waals surface area (Å²) in [5, 5.41) is 4.06. The average molecular weight is 324 g/mol. The maximum Gasteiger partial charge on any atom is 0.292 e. The van der Waals surface area contributed by atoms with Crippen molar-refractivity contribution >= 4 is 5.91 Å². The molecule has 0 bridgehead atoms. The van der Waals surface area contributed by atoms with Crippen LogP contribution in [0.2, 0.25) is 0 Å². The number of benzene rings is 1. The number of rotatable bonds is 2. The molecule has 2 aromatic rings. The SMILES string of the molecule is O=C(c1cc(-c2ccccc2)no1)N1CCC2(CCCCC2)CC1. The van der Waals surface area contributed by atoms with Gasteiger partial charge in [0.1, 0.15) is 5.69 Å². The summed E-state index contributed by atoms with van der Waals surface area (Å²) in [5.74, 6) is 0.337. The number of carbonyl (C=O) groups excluding carboxylic acids is 1. The van der Waals surface area contributed by atoms with E-state index in [0.717, 1.165) is 37.2 Å². The molecule has 1 spiro atoms. The van der Waals surface area contributed by atoms with Crippen LogP contribution < -0.4 is 0 Å². The van der Waals surface area contributed by atoms with E-state index in [1.807, 2.05) is 35.2 Å². The van der Waals surface area contributed by atoms with Gasteiger partial charge in [0, 0.05) is 24.7 Å². The maximum absolute atomic E-state index is 12.7. The van der Waals surface area contributed by atoms with Crippen molar-refractivity contribution < 1.29 is 9.32 Å². The molecule has 2 aliphatic rings. The van der Waals surface area contributed by atoms with E-state index in [1.165, 1.54) is 32.1 Å². The van der Waals surface area contributed by atoms with Gasteiger partial charge in [0.25, 0.3) is 5.91 Å². The van der Waals surface area contributed by atoms with Gasteiger partial charge in [-0.1, -0.05) is 54.8 Å². The molecule has 24 heavy (non-hydrogen) atoms. The first-order valence-corrected chi connectivity index (χ1v) is 9.07. The zero-order valence-corrected chi connectivity index (χ0v) is 14.0. The fourth-order valence-electron chi connectivity index (χ4n) is 4.26. The Balaban J connectivity index is 1.43. The average Bonchev–Trinajstić information content (AvgIpc) is 3.13. The fourth-order valence-corrected chi connectivity index (χ4v) is 4.26. The van der Waals surface area contributed by atoms with Crippen molar-refractivity contribution in [3.63, 3.8) is 0 Å². The van der Waals surface area contributed by atoms with Crippen molar-refractivity contribution in [3.8, 4) is 11.3 Å². The van der Waals surface area contributed by atoms with Gasteiger partial charge in [-0.05, 0) is 31.1 Å². The highest BCUT2D eigenvalue weighted by molar-refractivity contribution is 5.92. The van der Waals surface area contributed by atoms with Gasteiger partial charge in [-0.15, -0.1) is 0 Å². The number of hydrogen-bond acceptors (Lipinski definition) is 3. The van der Waals surface area contributed by atoms with Crippen LogP contribution in [-0.2, 0) is 0 Å². The summed E-state index contributed by atoms with van der Waals surface area (Å²) in [5.41, 5.74) is 2.20. The molecule has 1 amide bonds. The molecular weight excluding hydrogens is 300 g/mol. The lowest BCUT2D eigenvalue weighted by atomic mass is 9.68. The highest BCUT2D eigenvalue weighted by Gasteiger charge is 2.37. The lowest BCUT2D eigenvalue weighted by Gasteiger charge is -2.44. The van der Waals surface area contributed by atoms with Gasteiger partial charge >= 0.3 is 0 Å². The third-order valence-electron chi connectivity index (χ3n) is 5.82. The molecule has 1 aromatic carbocycles.